The molecule has 0 bridgehead atoms. The van der Waals surface area contributed by atoms with Gasteiger partial charge in [-0.1, -0.05) is 38.3 Å². The maximum absolute atomic E-state index is 5.65. The van der Waals surface area contributed by atoms with Crippen LogP contribution in [-0.4, -0.2) is 19.3 Å². The SMILES string of the molecule is C=NCP(CN)Cc1ccccc1. The maximum Gasteiger partial charge on any atom is 0.0593 e. The quantitative estimate of drug-likeness (QED) is 0.566. The number of nitrogens with two attached hydrogens (primary N) is 1. The average molecular weight is 194 g/mol. The van der Waals surface area contributed by atoms with E-state index in [1.54, 1.807) is 0 Å². The lowest BCUT2D eigenvalue weighted by atomic mass is 10.2. The van der Waals surface area contributed by atoms with Crippen LogP contribution in [-0.2, 0) is 6.16 Å². The molecule has 13 heavy (non-hydrogen) atoms. The third-order valence-corrected chi connectivity index (χ3v) is 3.74. The van der Waals surface area contributed by atoms with Gasteiger partial charge in [0.25, 0.3) is 0 Å². The van der Waals surface area contributed by atoms with Crippen LogP contribution in [0.3, 0.4) is 0 Å². The summed E-state index contributed by atoms with van der Waals surface area (Å²) in [5.41, 5.74) is 7.00. The van der Waals surface area contributed by atoms with Crippen molar-refractivity contribution in [1.82, 2.24) is 0 Å². The van der Waals surface area contributed by atoms with Gasteiger partial charge in [-0.15, -0.1) is 0 Å². The lowest BCUT2D eigenvalue weighted by Crippen LogP contribution is -2.00. The molecule has 1 atom stereocenters. The minimum atomic E-state index is -0.186. The van der Waals surface area contributed by atoms with E-state index in [1.807, 2.05) is 6.07 Å². The molecule has 70 valence electrons. The van der Waals surface area contributed by atoms with Crippen molar-refractivity contribution >= 4 is 14.6 Å². The van der Waals surface area contributed by atoms with Crippen LogP contribution >= 0.6 is 7.92 Å². The lowest BCUT2D eigenvalue weighted by molar-refractivity contribution is 1.25. The second-order valence-corrected chi connectivity index (χ2v) is 5.17. The predicted molar refractivity (Wildman–Crippen MR) is 60.5 cm³/mol. The first-order valence-electron chi connectivity index (χ1n) is 4.25. The number of hydrogen-bond acceptors (Lipinski definition) is 2. The molecule has 0 spiro atoms. The van der Waals surface area contributed by atoms with Crippen molar-refractivity contribution in [1.29, 1.82) is 0 Å². The molecule has 0 fully saturated rings. The highest BCUT2D eigenvalue weighted by atomic mass is 31.1. The number of benzene rings is 1. The number of hydrogen-bond donors (Lipinski definition) is 1. The number of rotatable bonds is 5. The topological polar surface area (TPSA) is 38.4 Å². The Morgan fingerprint density at radius 3 is 2.54 bits per heavy atom. The largest absolute Gasteiger partial charge is 0.327 e. The van der Waals surface area contributed by atoms with E-state index < -0.39 is 0 Å². The molecule has 1 rings (SSSR count). The molecular weight excluding hydrogens is 179 g/mol. The fourth-order valence-electron chi connectivity index (χ4n) is 1.16. The van der Waals surface area contributed by atoms with Gasteiger partial charge in [-0.2, -0.15) is 0 Å². The molecule has 1 unspecified atom stereocenters. The van der Waals surface area contributed by atoms with Crippen LogP contribution in [0.1, 0.15) is 5.56 Å². The Morgan fingerprint density at radius 2 is 2.00 bits per heavy atom. The minimum absolute atomic E-state index is 0.186. The average Bonchev–Trinajstić information content (AvgIpc) is 2.19. The van der Waals surface area contributed by atoms with Crippen molar-refractivity contribution in [3.05, 3.63) is 35.9 Å². The molecule has 0 aliphatic rings. The van der Waals surface area contributed by atoms with Gasteiger partial charge in [0.2, 0.25) is 0 Å². The summed E-state index contributed by atoms with van der Waals surface area (Å²) in [7, 11) is -0.186. The summed E-state index contributed by atoms with van der Waals surface area (Å²) < 4.78 is 0. The van der Waals surface area contributed by atoms with Crippen LogP contribution in [0.5, 0.6) is 0 Å². The summed E-state index contributed by atoms with van der Waals surface area (Å²) in [5, 5.41) is 0. The van der Waals surface area contributed by atoms with E-state index in [9.17, 15) is 0 Å². The van der Waals surface area contributed by atoms with E-state index in [-0.39, 0.29) is 7.92 Å². The van der Waals surface area contributed by atoms with Gasteiger partial charge >= 0.3 is 0 Å². The fourth-order valence-corrected chi connectivity index (χ4v) is 2.51. The first-order chi connectivity index (χ1) is 6.36. The summed E-state index contributed by atoms with van der Waals surface area (Å²) >= 11 is 0. The summed E-state index contributed by atoms with van der Waals surface area (Å²) in [5.74, 6) is 0. The first kappa shape index (κ1) is 10.4. The molecule has 1 aromatic rings. The highest BCUT2D eigenvalue weighted by Gasteiger charge is 2.04. The van der Waals surface area contributed by atoms with Crippen molar-refractivity contribution in [3.63, 3.8) is 0 Å². The Kier molecular flexibility index (Phi) is 4.66. The van der Waals surface area contributed by atoms with Crippen LogP contribution in [0.25, 0.3) is 0 Å². The van der Waals surface area contributed by atoms with Gasteiger partial charge < -0.3 is 5.73 Å². The molecule has 2 N–H and O–H groups in total. The fraction of sp³-hybridized carbons (Fsp3) is 0.300. The van der Waals surface area contributed by atoms with Crippen LogP contribution in [0.4, 0.5) is 0 Å². The molecule has 2 nitrogen and oxygen atoms in total. The molecule has 3 heteroatoms. The Balaban J connectivity index is 2.51. The molecule has 0 saturated carbocycles. The van der Waals surface area contributed by atoms with Gasteiger partial charge in [0.05, 0.1) is 6.29 Å². The molecule has 0 aromatic heterocycles. The smallest absolute Gasteiger partial charge is 0.0593 e. The van der Waals surface area contributed by atoms with Crippen molar-refractivity contribution < 1.29 is 0 Å². The Morgan fingerprint density at radius 1 is 1.31 bits per heavy atom. The van der Waals surface area contributed by atoms with Crippen molar-refractivity contribution in [3.8, 4) is 0 Å². The van der Waals surface area contributed by atoms with Crippen LogP contribution in [0, 0.1) is 0 Å². The molecule has 0 aliphatic carbocycles. The van der Waals surface area contributed by atoms with Gasteiger partial charge in [0.15, 0.2) is 0 Å². The number of aliphatic imine (C=N–C) groups is 1. The summed E-state index contributed by atoms with van der Waals surface area (Å²) in [6, 6.07) is 10.4. The highest BCUT2D eigenvalue weighted by molar-refractivity contribution is 7.56. The molecular formula is C10H15N2P. The van der Waals surface area contributed by atoms with Gasteiger partial charge in [-0.25, -0.2) is 0 Å². The molecule has 0 heterocycles. The third-order valence-electron chi connectivity index (χ3n) is 1.81. The predicted octanol–water partition coefficient (Wildman–Crippen LogP) is 2.24. The van der Waals surface area contributed by atoms with Gasteiger partial charge in [0.1, 0.15) is 0 Å². The minimum Gasteiger partial charge on any atom is -0.327 e. The second-order valence-electron chi connectivity index (χ2n) is 2.86. The zero-order chi connectivity index (χ0) is 9.52. The monoisotopic (exact) mass is 194 g/mol. The molecule has 0 amide bonds. The Labute approximate surface area is 80.6 Å². The summed E-state index contributed by atoms with van der Waals surface area (Å²) in [6.07, 6.45) is 2.62. The van der Waals surface area contributed by atoms with Crippen LogP contribution in [0.15, 0.2) is 35.3 Å². The Bertz CT molecular complexity index is 248. The molecule has 1 aromatic carbocycles. The Hall–Kier alpha value is -0.720. The van der Waals surface area contributed by atoms with E-state index in [0.29, 0.717) is 0 Å². The number of nitrogens with zero attached hydrogens (tertiary/aromatic N) is 1. The second kappa shape index (κ2) is 5.85. The maximum atomic E-state index is 5.65. The molecule has 0 aliphatic heterocycles. The van der Waals surface area contributed by atoms with E-state index in [1.165, 1.54) is 5.56 Å². The van der Waals surface area contributed by atoms with E-state index >= 15 is 0 Å². The molecule has 0 radical (unpaired) electrons. The highest BCUT2D eigenvalue weighted by Crippen LogP contribution is 2.37. The van der Waals surface area contributed by atoms with E-state index in [0.717, 1.165) is 18.7 Å². The van der Waals surface area contributed by atoms with Gasteiger partial charge in [-0.3, -0.25) is 4.99 Å². The normalized spacial score (nSPS) is 12.4. The zero-order valence-corrected chi connectivity index (χ0v) is 8.58. The summed E-state index contributed by atoms with van der Waals surface area (Å²) in [6.45, 7) is 3.50. The zero-order valence-electron chi connectivity index (χ0n) is 7.69. The van der Waals surface area contributed by atoms with Crippen molar-refractivity contribution in [2.24, 2.45) is 10.7 Å². The lowest BCUT2D eigenvalue weighted by Gasteiger charge is -2.12. The standard InChI is InChI=1S/C10H15N2P/c1-12-9-13(8-11)7-10-5-3-2-4-6-10/h2-6H,1,7-9,11H2. The van der Waals surface area contributed by atoms with Crippen molar-refractivity contribution in [2.75, 3.05) is 12.6 Å². The van der Waals surface area contributed by atoms with Gasteiger partial charge in [-0.05, 0) is 18.4 Å². The molecule has 0 saturated heterocycles. The van der Waals surface area contributed by atoms with E-state index in [4.69, 9.17) is 5.73 Å². The van der Waals surface area contributed by atoms with Crippen LogP contribution in [0.2, 0.25) is 0 Å². The first-order valence-corrected chi connectivity index (χ1v) is 6.15. The van der Waals surface area contributed by atoms with Crippen molar-refractivity contribution in [2.45, 2.75) is 6.16 Å². The third kappa shape index (κ3) is 3.67. The van der Waals surface area contributed by atoms with Crippen LogP contribution < -0.4 is 5.73 Å². The van der Waals surface area contributed by atoms with E-state index in [2.05, 4.69) is 36.0 Å². The van der Waals surface area contributed by atoms with Gasteiger partial charge in [0, 0.05) is 6.29 Å². The summed E-state index contributed by atoms with van der Waals surface area (Å²) in [4.78, 5) is 3.90.